The summed E-state index contributed by atoms with van der Waals surface area (Å²) in [6.07, 6.45) is 0. The first-order valence-electron chi connectivity index (χ1n) is 5.59. The predicted molar refractivity (Wildman–Crippen MR) is 70.1 cm³/mol. The lowest BCUT2D eigenvalue weighted by Gasteiger charge is -2.26. The number of hydrogen-bond acceptors (Lipinski definition) is 2. The van der Waals surface area contributed by atoms with Gasteiger partial charge < -0.3 is 5.73 Å². The molecule has 0 aromatic heterocycles. The molecule has 84 valence electrons. The average Bonchev–Trinajstić information content (AvgIpc) is 2.26. The lowest BCUT2D eigenvalue weighted by atomic mass is 9.97. The van der Waals surface area contributed by atoms with E-state index in [4.69, 9.17) is 5.73 Å². The minimum Gasteiger partial charge on any atom is -0.323 e. The molecule has 15 heavy (non-hydrogen) atoms. The van der Waals surface area contributed by atoms with Crippen molar-refractivity contribution in [1.82, 2.24) is 0 Å². The molecule has 2 N–H and O–H groups in total. The minimum absolute atomic E-state index is 0.149. The first-order chi connectivity index (χ1) is 7.16. The molecule has 0 radical (unpaired) electrons. The Labute approximate surface area is 97.4 Å². The van der Waals surface area contributed by atoms with Crippen molar-refractivity contribution in [2.45, 2.75) is 32.1 Å². The van der Waals surface area contributed by atoms with E-state index in [0.29, 0.717) is 11.2 Å². The summed E-state index contributed by atoms with van der Waals surface area (Å²) in [5, 5.41) is 0.511. The van der Waals surface area contributed by atoms with Crippen molar-refractivity contribution >= 4 is 11.8 Å². The van der Waals surface area contributed by atoms with Crippen LogP contribution in [0.1, 0.15) is 32.4 Å². The van der Waals surface area contributed by atoms with E-state index in [-0.39, 0.29) is 6.04 Å². The molecule has 1 nitrogen and oxygen atoms in total. The Balaban J connectivity index is 2.76. The molecule has 1 aromatic carbocycles. The van der Waals surface area contributed by atoms with Crippen LogP contribution in [0, 0.1) is 5.92 Å². The third-order valence-corrected chi connectivity index (χ3v) is 4.11. The Morgan fingerprint density at radius 3 is 2.27 bits per heavy atom. The Hall–Kier alpha value is -0.470. The van der Waals surface area contributed by atoms with E-state index in [1.165, 1.54) is 5.56 Å². The van der Waals surface area contributed by atoms with Crippen molar-refractivity contribution < 1.29 is 0 Å². The summed E-state index contributed by atoms with van der Waals surface area (Å²) >= 11 is 1.96. The molecule has 0 amide bonds. The highest BCUT2D eigenvalue weighted by Crippen LogP contribution is 2.30. The Morgan fingerprint density at radius 2 is 1.80 bits per heavy atom. The van der Waals surface area contributed by atoms with Gasteiger partial charge in [-0.05, 0) is 17.2 Å². The van der Waals surface area contributed by atoms with Gasteiger partial charge in [0.2, 0.25) is 0 Å². The summed E-state index contributed by atoms with van der Waals surface area (Å²) in [7, 11) is 0. The van der Waals surface area contributed by atoms with Crippen LogP contribution in [0.2, 0.25) is 0 Å². The van der Waals surface area contributed by atoms with Crippen LogP contribution in [0.15, 0.2) is 30.3 Å². The Kier molecular flexibility index (Phi) is 5.20. The maximum atomic E-state index is 6.31. The highest BCUT2D eigenvalue weighted by atomic mass is 32.2. The maximum Gasteiger partial charge on any atom is 0.0418 e. The summed E-state index contributed by atoms with van der Waals surface area (Å²) in [6, 6.07) is 10.5. The second-order valence-corrected chi connectivity index (χ2v) is 5.56. The lowest BCUT2D eigenvalue weighted by Crippen LogP contribution is -2.28. The number of hydrogen-bond donors (Lipinski definition) is 1. The van der Waals surface area contributed by atoms with Gasteiger partial charge in [0.05, 0.1) is 0 Å². The van der Waals surface area contributed by atoms with Crippen molar-refractivity contribution in [2.24, 2.45) is 11.7 Å². The first-order valence-corrected chi connectivity index (χ1v) is 6.63. The fraction of sp³-hybridized carbons (Fsp3) is 0.538. The highest BCUT2D eigenvalue weighted by molar-refractivity contribution is 7.99. The van der Waals surface area contributed by atoms with Gasteiger partial charge in [-0.3, -0.25) is 0 Å². The monoisotopic (exact) mass is 223 g/mol. The van der Waals surface area contributed by atoms with E-state index >= 15 is 0 Å². The van der Waals surface area contributed by atoms with Gasteiger partial charge >= 0.3 is 0 Å². The molecule has 2 unspecified atom stereocenters. The van der Waals surface area contributed by atoms with Gasteiger partial charge in [-0.25, -0.2) is 0 Å². The number of nitrogens with two attached hydrogens (primary N) is 1. The summed E-state index contributed by atoms with van der Waals surface area (Å²) in [5.41, 5.74) is 7.55. The third-order valence-electron chi connectivity index (χ3n) is 2.55. The molecule has 0 bridgehead atoms. The topological polar surface area (TPSA) is 26.0 Å². The molecule has 0 aliphatic carbocycles. The highest BCUT2D eigenvalue weighted by Gasteiger charge is 2.22. The summed E-state index contributed by atoms with van der Waals surface area (Å²) < 4.78 is 0. The molecule has 0 saturated heterocycles. The van der Waals surface area contributed by atoms with Gasteiger partial charge in [0.15, 0.2) is 0 Å². The van der Waals surface area contributed by atoms with E-state index in [1.807, 2.05) is 17.8 Å². The van der Waals surface area contributed by atoms with Gasteiger partial charge in [-0.15, -0.1) is 0 Å². The number of benzene rings is 1. The van der Waals surface area contributed by atoms with Crippen molar-refractivity contribution in [3.05, 3.63) is 35.9 Å². The molecule has 0 heterocycles. The Bertz CT molecular complexity index is 271. The molecule has 1 rings (SSSR count). The predicted octanol–water partition coefficient (Wildman–Crippen LogP) is 3.46. The van der Waals surface area contributed by atoms with Crippen molar-refractivity contribution in [2.75, 3.05) is 5.75 Å². The number of thioether (sulfide) groups is 1. The standard InChI is InChI=1S/C13H21NS/c1-4-15-13(10(2)3)12(14)11-8-6-5-7-9-11/h5-10,12-13H,4,14H2,1-3H3. The van der Waals surface area contributed by atoms with Crippen LogP contribution < -0.4 is 5.73 Å². The molecule has 0 saturated carbocycles. The van der Waals surface area contributed by atoms with Crippen molar-refractivity contribution in [3.8, 4) is 0 Å². The molecular formula is C13H21NS. The first kappa shape index (κ1) is 12.6. The minimum atomic E-state index is 0.149. The SMILES string of the molecule is CCSC(C(C)C)C(N)c1ccccc1. The smallest absolute Gasteiger partial charge is 0.0418 e. The maximum absolute atomic E-state index is 6.31. The van der Waals surface area contributed by atoms with Crippen LogP contribution in [0.5, 0.6) is 0 Å². The van der Waals surface area contributed by atoms with Gasteiger partial charge in [-0.2, -0.15) is 11.8 Å². The molecule has 2 atom stereocenters. The van der Waals surface area contributed by atoms with Gasteiger partial charge in [0.25, 0.3) is 0 Å². The molecule has 0 fully saturated rings. The Morgan fingerprint density at radius 1 is 1.20 bits per heavy atom. The lowest BCUT2D eigenvalue weighted by molar-refractivity contribution is 0.528. The van der Waals surface area contributed by atoms with E-state index in [0.717, 1.165) is 5.75 Å². The van der Waals surface area contributed by atoms with Crippen LogP contribution in [0.4, 0.5) is 0 Å². The van der Waals surface area contributed by atoms with Gasteiger partial charge in [0.1, 0.15) is 0 Å². The normalized spacial score (nSPS) is 15.3. The van der Waals surface area contributed by atoms with Crippen LogP contribution in [-0.4, -0.2) is 11.0 Å². The number of rotatable bonds is 5. The van der Waals surface area contributed by atoms with Crippen molar-refractivity contribution in [3.63, 3.8) is 0 Å². The van der Waals surface area contributed by atoms with E-state index < -0.39 is 0 Å². The zero-order valence-electron chi connectivity index (χ0n) is 9.81. The second kappa shape index (κ2) is 6.19. The van der Waals surface area contributed by atoms with Crippen molar-refractivity contribution in [1.29, 1.82) is 0 Å². The van der Waals surface area contributed by atoms with Crippen LogP contribution in [0.25, 0.3) is 0 Å². The quantitative estimate of drug-likeness (QED) is 0.827. The summed E-state index contributed by atoms with van der Waals surface area (Å²) in [6.45, 7) is 6.68. The van der Waals surface area contributed by atoms with Gasteiger partial charge in [-0.1, -0.05) is 51.1 Å². The zero-order chi connectivity index (χ0) is 11.3. The molecular weight excluding hydrogens is 202 g/mol. The summed E-state index contributed by atoms with van der Waals surface area (Å²) in [4.78, 5) is 0. The van der Waals surface area contributed by atoms with Crippen LogP contribution in [-0.2, 0) is 0 Å². The average molecular weight is 223 g/mol. The molecule has 0 aliphatic rings. The van der Waals surface area contributed by atoms with Crippen LogP contribution >= 0.6 is 11.8 Å². The zero-order valence-corrected chi connectivity index (χ0v) is 10.6. The van der Waals surface area contributed by atoms with Gasteiger partial charge in [0, 0.05) is 11.3 Å². The fourth-order valence-corrected chi connectivity index (χ4v) is 2.90. The molecule has 0 aliphatic heterocycles. The molecule has 1 aromatic rings. The largest absolute Gasteiger partial charge is 0.323 e. The summed E-state index contributed by atoms with van der Waals surface area (Å²) in [5.74, 6) is 1.74. The van der Waals surface area contributed by atoms with E-state index in [2.05, 4.69) is 45.0 Å². The molecule has 2 heteroatoms. The van der Waals surface area contributed by atoms with E-state index in [9.17, 15) is 0 Å². The van der Waals surface area contributed by atoms with E-state index in [1.54, 1.807) is 0 Å². The fourth-order valence-electron chi connectivity index (χ4n) is 1.77. The second-order valence-electron chi connectivity index (χ2n) is 4.10. The molecule has 0 spiro atoms. The third kappa shape index (κ3) is 3.54. The van der Waals surface area contributed by atoms with Crippen LogP contribution in [0.3, 0.4) is 0 Å².